The zero-order valence-corrected chi connectivity index (χ0v) is 14.4. The molecule has 2 aromatic carbocycles. The molecule has 0 aliphatic carbocycles. The number of carbonyl (C=O) groups excluding carboxylic acids is 1. The quantitative estimate of drug-likeness (QED) is 0.614. The molecule has 0 aliphatic rings. The van der Waals surface area contributed by atoms with Crippen LogP contribution in [0.15, 0.2) is 58.7 Å². The molecule has 0 fully saturated rings. The highest BCUT2D eigenvalue weighted by Crippen LogP contribution is 2.20. The molecule has 0 aromatic heterocycles. The van der Waals surface area contributed by atoms with E-state index in [1.54, 1.807) is 6.07 Å². The number of aryl methyl sites for hydroxylation is 2. The Morgan fingerprint density at radius 1 is 1.22 bits per heavy atom. The number of nitrogens with zero attached hydrogens (tertiary/aromatic N) is 1. The van der Waals surface area contributed by atoms with Gasteiger partial charge in [-0.2, -0.15) is 5.26 Å². The van der Waals surface area contributed by atoms with Crippen molar-refractivity contribution in [3.63, 3.8) is 0 Å². The van der Waals surface area contributed by atoms with E-state index in [4.69, 9.17) is 0 Å². The van der Waals surface area contributed by atoms with Gasteiger partial charge in [-0.15, -0.1) is 0 Å². The van der Waals surface area contributed by atoms with Crippen molar-refractivity contribution in [2.75, 3.05) is 10.6 Å². The van der Waals surface area contributed by atoms with Crippen molar-refractivity contribution < 1.29 is 4.79 Å². The van der Waals surface area contributed by atoms with Crippen molar-refractivity contribution >= 4 is 33.2 Å². The molecule has 0 heterocycles. The molecule has 2 rings (SSSR count). The molecule has 2 N–H and O–H groups in total. The lowest BCUT2D eigenvalue weighted by Crippen LogP contribution is -2.14. The predicted molar refractivity (Wildman–Crippen MR) is 96.0 cm³/mol. The van der Waals surface area contributed by atoms with Crippen LogP contribution in [0, 0.1) is 25.2 Å². The van der Waals surface area contributed by atoms with Crippen LogP contribution in [0.4, 0.5) is 11.4 Å². The number of benzene rings is 2. The van der Waals surface area contributed by atoms with E-state index >= 15 is 0 Å². The lowest BCUT2D eigenvalue weighted by atomic mass is 10.2. The molecule has 4 nitrogen and oxygen atoms in total. The molecule has 23 heavy (non-hydrogen) atoms. The summed E-state index contributed by atoms with van der Waals surface area (Å²) in [7, 11) is 0. The van der Waals surface area contributed by atoms with Gasteiger partial charge >= 0.3 is 0 Å². The number of rotatable bonds is 4. The van der Waals surface area contributed by atoms with E-state index in [2.05, 4.69) is 26.6 Å². The second-order valence-electron chi connectivity index (χ2n) is 5.10. The van der Waals surface area contributed by atoms with Crippen LogP contribution in [0.1, 0.15) is 11.1 Å². The van der Waals surface area contributed by atoms with Crippen LogP contribution in [-0.4, -0.2) is 5.91 Å². The molecule has 5 heteroatoms. The first-order chi connectivity index (χ1) is 11.0. The molecule has 0 unspecified atom stereocenters. The minimum absolute atomic E-state index is 0.00817. The van der Waals surface area contributed by atoms with Gasteiger partial charge in [0.1, 0.15) is 11.6 Å². The average Bonchev–Trinajstić information content (AvgIpc) is 2.49. The first-order valence-corrected chi connectivity index (χ1v) is 7.80. The molecule has 116 valence electrons. The Morgan fingerprint density at radius 3 is 2.65 bits per heavy atom. The summed E-state index contributed by atoms with van der Waals surface area (Å²) in [4.78, 5) is 12.2. The standard InChI is InChI=1S/C18H16BrN3O/c1-12-4-3-5-16(8-12)22-18(23)14(10-20)11-21-17-7-6-15(19)9-13(17)2/h3-9,11,21H,1-2H3,(H,22,23)/b14-11-. The second-order valence-corrected chi connectivity index (χ2v) is 6.01. The fourth-order valence-corrected chi connectivity index (χ4v) is 2.48. The minimum Gasteiger partial charge on any atom is -0.360 e. The summed E-state index contributed by atoms with van der Waals surface area (Å²) in [5, 5.41) is 14.9. The zero-order chi connectivity index (χ0) is 16.8. The number of anilines is 2. The third-order valence-corrected chi connectivity index (χ3v) is 3.69. The third-order valence-electron chi connectivity index (χ3n) is 3.20. The Morgan fingerprint density at radius 2 is 2.00 bits per heavy atom. The van der Waals surface area contributed by atoms with Crippen LogP contribution in [0.3, 0.4) is 0 Å². The van der Waals surface area contributed by atoms with Crippen LogP contribution < -0.4 is 10.6 Å². The van der Waals surface area contributed by atoms with Gasteiger partial charge in [-0.1, -0.05) is 28.1 Å². The summed E-state index contributed by atoms with van der Waals surface area (Å²) in [5.74, 6) is -0.444. The number of nitrogens with one attached hydrogen (secondary N) is 2. The van der Waals surface area contributed by atoms with Crippen molar-refractivity contribution in [3.8, 4) is 6.07 Å². The third kappa shape index (κ3) is 4.70. The molecule has 0 atom stereocenters. The largest absolute Gasteiger partial charge is 0.360 e. The Bertz CT molecular complexity index is 806. The van der Waals surface area contributed by atoms with Gasteiger partial charge in [0.15, 0.2) is 0 Å². The molecule has 0 aliphatic heterocycles. The van der Waals surface area contributed by atoms with Crippen LogP contribution in [-0.2, 0) is 4.79 Å². The first-order valence-electron chi connectivity index (χ1n) is 7.00. The van der Waals surface area contributed by atoms with Gasteiger partial charge in [0.05, 0.1) is 0 Å². The van der Waals surface area contributed by atoms with Gasteiger partial charge in [-0.25, -0.2) is 0 Å². The Balaban J connectivity index is 2.12. The van der Waals surface area contributed by atoms with Gasteiger partial charge in [-0.3, -0.25) is 4.79 Å². The maximum absolute atomic E-state index is 12.2. The fraction of sp³-hybridized carbons (Fsp3) is 0.111. The van der Waals surface area contributed by atoms with Crippen molar-refractivity contribution in [2.24, 2.45) is 0 Å². The maximum Gasteiger partial charge on any atom is 0.267 e. The molecular weight excluding hydrogens is 354 g/mol. The Labute approximate surface area is 144 Å². The van der Waals surface area contributed by atoms with Crippen LogP contribution >= 0.6 is 15.9 Å². The van der Waals surface area contributed by atoms with Crippen LogP contribution in [0.2, 0.25) is 0 Å². The molecule has 0 radical (unpaired) electrons. The number of amides is 1. The normalized spacial score (nSPS) is 10.8. The highest BCUT2D eigenvalue weighted by atomic mass is 79.9. The SMILES string of the molecule is Cc1cccc(NC(=O)/C(C#N)=C\Nc2ccc(Br)cc2C)c1. The Kier molecular flexibility index (Phi) is 5.56. The first kappa shape index (κ1) is 16.8. The summed E-state index contributed by atoms with van der Waals surface area (Å²) in [6.45, 7) is 3.88. The van der Waals surface area contributed by atoms with E-state index in [-0.39, 0.29) is 5.57 Å². The molecule has 0 spiro atoms. The van der Waals surface area contributed by atoms with E-state index in [0.717, 1.165) is 21.3 Å². The van der Waals surface area contributed by atoms with Crippen LogP contribution in [0.5, 0.6) is 0 Å². The number of halogens is 1. The number of hydrogen-bond acceptors (Lipinski definition) is 3. The van der Waals surface area contributed by atoms with Gasteiger partial charge in [0, 0.05) is 22.0 Å². The summed E-state index contributed by atoms with van der Waals surface area (Å²) in [6.07, 6.45) is 1.42. The topological polar surface area (TPSA) is 64.9 Å². The van der Waals surface area contributed by atoms with E-state index in [0.29, 0.717) is 5.69 Å². The zero-order valence-electron chi connectivity index (χ0n) is 12.9. The fourth-order valence-electron chi connectivity index (χ4n) is 2.01. The highest BCUT2D eigenvalue weighted by molar-refractivity contribution is 9.10. The summed E-state index contributed by atoms with van der Waals surface area (Å²) >= 11 is 3.40. The van der Waals surface area contributed by atoms with Crippen molar-refractivity contribution in [1.82, 2.24) is 0 Å². The highest BCUT2D eigenvalue weighted by Gasteiger charge is 2.09. The number of hydrogen-bond donors (Lipinski definition) is 2. The van der Waals surface area contributed by atoms with E-state index in [9.17, 15) is 10.1 Å². The molecular formula is C18H16BrN3O. The maximum atomic E-state index is 12.2. The number of carbonyl (C=O) groups is 1. The van der Waals surface area contributed by atoms with Gasteiger partial charge < -0.3 is 10.6 Å². The summed E-state index contributed by atoms with van der Waals surface area (Å²) < 4.78 is 0.974. The molecule has 0 saturated carbocycles. The smallest absolute Gasteiger partial charge is 0.267 e. The van der Waals surface area contributed by atoms with E-state index in [1.165, 1.54) is 6.20 Å². The second kappa shape index (κ2) is 7.61. The van der Waals surface area contributed by atoms with Gasteiger partial charge in [0.2, 0.25) is 0 Å². The van der Waals surface area contributed by atoms with E-state index in [1.807, 2.05) is 56.3 Å². The van der Waals surface area contributed by atoms with Crippen LogP contribution in [0.25, 0.3) is 0 Å². The lowest BCUT2D eigenvalue weighted by Gasteiger charge is -2.08. The predicted octanol–water partition coefficient (Wildman–Crippen LogP) is 4.52. The van der Waals surface area contributed by atoms with E-state index < -0.39 is 5.91 Å². The lowest BCUT2D eigenvalue weighted by molar-refractivity contribution is -0.112. The number of nitriles is 1. The monoisotopic (exact) mass is 369 g/mol. The van der Waals surface area contributed by atoms with Crippen molar-refractivity contribution in [3.05, 3.63) is 69.8 Å². The molecule has 2 aromatic rings. The molecule has 1 amide bonds. The Hall–Kier alpha value is -2.58. The van der Waals surface area contributed by atoms with Gasteiger partial charge in [-0.05, 0) is 55.3 Å². The van der Waals surface area contributed by atoms with Crippen molar-refractivity contribution in [2.45, 2.75) is 13.8 Å². The van der Waals surface area contributed by atoms with Gasteiger partial charge in [0.25, 0.3) is 5.91 Å². The summed E-state index contributed by atoms with van der Waals surface area (Å²) in [5.41, 5.74) is 3.55. The summed E-state index contributed by atoms with van der Waals surface area (Å²) in [6, 6.07) is 15.1. The molecule has 0 saturated heterocycles. The molecule has 0 bridgehead atoms. The average molecular weight is 370 g/mol. The minimum atomic E-state index is -0.444. The van der Waals surface area contributed by atoms with Crippen molar-refractivity contribution in [1.29, 1.82) is 5.26 Å².